The molecule has 2 aliphatic rings. The summed E-state index contributed by atoms with van der Waals surface area (Å²) in [4.78, 5) is 0.125. The number of benzene rings is 2. The number of rotatable bonds is 9. The van der Waals surface area contributed by atoms with Gasteiger partial charge in [-0.15, -0.1) is 0 Å². The Morgan fingerprint density at radius 2 is 1.74 bits per heavy atom. The SMILES string of the molecule is COc1ccc(CCN(CC2CC3C=CC2C3)S(=O)(=O)c2ccc(F)cc2)cc1OC. The standard InChI is InChI=1S/C24H28FNO4S/c1-29-23-10-4-17(15-24(23)30-2)11-12-26(16-20-14-18-3-5-19(20)13-18)31(27,28)22-8-6-21(25)7-9-22/h3-10,15,18-20H,11-14,16H2,1-2H3. The maximum absolute atomic E-state index is 13.4. The minimum atomic E-state index is -3.73. The maximum Gasteiger partial charge on any atom is 0.243 e. The van der Waals surface area contributed by atoms with E-state index in [1.165, 1.54) is 24.3 Å². The van der Waals surface area contributed by atoms with E-state index < -0.39 is 15.8 Å². The van der Waals surface area contributed by atoms with Gasteiger partial charge in [0.25, 0.3) is 0 Å². The average molecular weight is 446 g/mol. The van der Waals surface area contributed by atoms with Crippen molar-refractivity contribution in [2.75, 3.05) is 27.3 Å². The van der Waals surface area contributed by atoms with Crippen LogP contribution in [0.4, 0.5) is 4.39 Å². The molecule has 1 saturated carbocycles. The summed E-state index contributed by atoms with van der Waals surface area (Å²) >= 11 is 0. The van der Waals surface area contributed by atoms with Crippen molar-refractivity contribution in [1.29, 1.82) is 0 Å². The van der Waals surface area contributed by atoms with E-state index in [0.29, 0.717) is 48.8 Å². The van der Waals surface area contributed by atoms with E-state index in [2.05, 4.69) is 12.2 Å². The lowest BCUT2D eigenvalue weighted by Gasteiger charge is -2.28. The van der Waals surface area contributed by atoms with Crippen LogP contribution in [0.25, 0.3) is 0 Å². The predicted molar refractivity (Wildman–Crippen MR) is 117 cm³/mol. The predicted octanol–water partition coefficient (Wildman–Crippen LogP) is 4.29. The Morgan fingerprint density at radius 3 is 2.35 bits per heavy atom. The molecule has 3 unspecified atom stereocenters. The number of allylic oxidation sites excluding steroid dienone is 2. The third-order valence-corrected chi connectivity index (χ3v) is 8.28. The second-order valence-corrected chi connectivity index (χ2v) is 10.2. The molecule has 5 nitrogen and oxygen atoms in total. The van der Waals surface area contributed by atoms with E-state index >= 15 is 0 Å². The molecule has 0 heterocycles. The van der Waals surface area contributed by atoms with Crippen LogP contribution in [-0.2, 0) is 16.4 Å². The number of methoxy groups -OCH3 is 2. The van der Waals surface area contributed by atoms with Crippen LogP contribution in [0.1, 0.15) is 18.4 Å². The van der Waals surface area contributed by atoms with Crippen LogP contribution in [0.5, 0.6) is 11.5 Å². The summed E-state index contributed by atoms with van der Waals surface area (Å²) in [5.41, 5.74) is 0.963. The molecule has 2 aromatic carbocycles. The number of fused-ring (bicyclic) bond motifs is 2. The highest BCUT2D eigenvalue weighted by molar-refractivity contribution is 7.89. The van der Waals surface area contributed by atoms with Crippen molar-refractivity contribution >= 4 is 10.0 Å². The van der Waals surface area contributed by atoms with E-state index in [-0.39, 0.29) is 4.90 Å². The first-order valence-electron chi connectivity index (χ1n) is 10.6. The first kappa shape index (κ1) is 21.8. The van der Waals surface area contributed by atoms with Gasteiger partial charge in [-0.2, -0.15) is 4.31 Å². The number of sulfonamides is 1. The first-order valence-corrected chi connectivity index (χ1v) is 12.0. The van der Waals surface area contributed by atoms with Gasteiger partial charge in [-0.3, -0.25) is 0 Å². The largest absolute Gasteiger partial charge is 0.493 e. The average Bonchev–Trinajstić information content (AvgIpc) is 3.40. The fourth-order valence-electron chi connectivity index (χ4n) is 4.72. The zero-order chi connectivity index (χ0) is 22.0. The third-order valence-electron chi connectivity index (χ3n) is 6.40. The molecule has 0 N–H and O–H groups in total. The Balaban J connectivity index is 1.56. The second-order valence-electron chi connectivity index (χ2n) is 8.30. The highest BCUT2D eigenvalue weighted by Gasteiger charge is 2.38. The zero-order valence-corrected chi connectivity index (χ0v) is 18.6. The van der Waals surface area contributed by atoms with Crippen molar-refractivity contribution in [3.63, 3.8) is 0 Å². The molecule has 0 amide bonds. The molecule has 0 aromatic heterocycles. The molecular weight excluding hydrogens is 417 g/mol. The van der Waals surface area contributed by atoms with Crippen molar-refractivity contribution in [3.05, 3.63) is 66.0 Å². The molecule has 2 aromatic rings. The van der Waals surface area contributed by atoms with Gasteiger partial charge in [0.15, 0.2) is 11.5 Å². The van der Waals surface area contributed by atoms with Gasteiger partial charge in [-0.25, -0.2) is 12.8 Å². The fourth-order valence-corrected chi connectivity index (χ4v) is 6.22. The molecule has 0 radical (unpaired) electrons. The first-order chi connectivity index (χ1) is 14.9. The van der Waals surface area contributed by atoms with Crippen molar-refractivity contribution in [2.24, 2.45) is 17.8 Å². The summed E-state index contributed by atoms with van der Waals surface area (Å²) in [6.07, 6.45) is 7.16. The van der Waals surface area contributed by atoms with Crippen LogP contribution >= 0.6 is 0 Å². The maximum atomic E-state index is 13.4. The highest BCUT2D eigenvalue weighted by atomic mass is 32.2. The fraction of sp³-hybridized carbons (Fsp3) is 0.417. The van der Waals surface area contributed by atoms with Gasteiger partial charge in [0.2, 0.25) is 10.0 Å². The monoisotopic (exact) mass is 445 g/mol. The molecule has 2 aliphatic carbocycles. The van der Waals surface area contributed by atoms with E-state index in [0.717, 1.165) is 18.4 Å². The minimum Gasteiger partial charge on any atom is -0.493 e. The van der Waals surface area contributed by atoms with Crippen molar-refractivity contribution in [1.82, 2.24) is 4.31 Å². The van der Waals surface area contributed by atoms with Crippen molar-refractivity contribution in [2.45, 2.75) is 24.2 Å². The molecule has 166 valence electrons. The van der Waals surface area contributed by atoms with Gasteiger partial charge >= 0.3 is 0 Å². The van der Waals surface area contributed by atoms with Gasteiger partial charge in [0.05, 0.1) is 19.1 Å². The summed E-state index contributed by atoms with van der Waals surface area (Å²) < 4.78 is 52.4. The van der Waals surface area contributed by atoms with E-state index in [1.807, 2.05) is 18.2 Å². The highest BCUT2D eigenvalue weighted by Crippen LogP contribution is 2.44. The van der Waals surface area contributed by atoms with Crippen LogP contribution < -0.4 is 9.47 Å². The lowest BCUT2D eigenvalue weighted by atomic mass is 9.93. The minimum absolute atomic E-state index is 0.125. The summed E-state index contributed by atoms with van der Waals surface area (Å²) in [7, 11) is -0.574. The Morgan fingerprint density at radius 1 is 1.00 bits per heavy atom. The van der Waals surface area contributed by atoms with Gasteiger partial charge < -0.3 is 9.47 Å². The number of hydrogen-bond donors (Lipinski definition) is 0. The molecule has 3 atom stereocenters. The summed E-state index contributed by atoms with van der Waals surface area (Å²) in [6, 6.07) is 10.7. The molecule has 0 spiro atoms. The number of hydrogen-bond acceptors (Lipinski definition) is 4. The van der Waals surface area contributed by atoms with E-state index in [9.17, 15) is 12.8 Å². The normalized spacial score (nSPS) is 22.3. The topological polar surface area (TPSA) is 55.8 Å². The zero-order valence-electron chi connectivity index (χ0n) is 17.8. The van der Waals surface area contributed by atoms with Gasteiger partial charge in [0, 0.05) is 13.1 Å². The smallest absolute Gasteiger partial charge is 0.243 e. The Bertz CT molecular complexity index is 1050. The molecule has 7 heteroatoms. The molecule has 0 aliphatic heterocycles. The summed E-state index contributed by atoms with van der Waals surface area (Å²) in [5, 5.41) is 0. The summed E-state index contributed by atoms with van der Waals surface area (Å²) in [6.45, 7) is 0.811. The number of ether oxygens (including phenoxy) is 2. The quantitative estimate of drug-likeness (QED) is 0.541. The molecule has 2 bridgehead atoms. The molecule has 31 heavy (non-hydrogen) atoms. The lowest BCUT2D eigenvalue weighted by molar-refractivity contribution is 0.313. The lowest BCUT2D eigenvalue weighted by Crippen LogP contribution is -2.38. The summed E-state index contributed by atoms with van der Waals surface area (Å²) in [5.74, 6) is 2.12. The Hall–Kier alpha value is -2.38. The molecule has 4 rings (SSSR count). The second kappa shape index (κ2) is 9.01. The molecule has 1 fully saturated rings. The third kappa shape index (κ3) is 4.62. The Labute approximate surface area is 183 Å². The Kier molecular flexibility index (Phi) is 6.34. The van der Waals surface area contributed by atoms with Gasteiger partial charge in [-0.1, -0.05) is 18.2 Å². The van der Waals surface area contributed by atoms with Gasteiger partial charge in [-0.05, 0) is 79.0 Å². The van der Waals surface area contributed by atoms with Crippen LogP contribution in [0.3, 0.4) is 0 Å². The van der Waals surface area contributed by atoms with E-state index in [4.69, 9.17) is 9.47 Å². The van der Waals surface area contributed by atoms with Crippen LogP contribution in [0, 0.1) is 23.6 Å². The van der Waals surface area contributed by atoms with Crippen LogP contribution in [0.2, 0.25) is 0 Å². The molecule has 0 saturated heterocycles. The number of halogens is 1. The molecular formula is C24H28FNO4S. The van der Waals surface area contributed by atoms with Crippen LogP contribution in [-0.4, -0.2) is 40.0 Å². The number of nitrogens with zero attached hydrogens (tertiary/aromatic N) is 1. The van der Waals surface area contributed by atoms with Crippen molar-refractivity contribution < 1.29 is 22.3 Å². The van der Waals surface area contributed by atoms with Crippen LogP contribution in [0.15, 0.2) is 59.5 Å². The van der Waals surface area contributed by atoms with Crippen molar-refractivity contribution in [3.8, 4) is 11.5 Å². The van der Waals surface area contributed by atoms with Gasteiger partial charge in [0.1, 0.15) is 5.82 Å². The van der Waals surface area contributed by atoms with E-state index in [1.54, 1.807) is 18.5 Å².